The molecule has 0 aromatic heterocycles. The summed E-state index contributed by atoms with van der Waals surface area (Å²) in [6, 6.07) is 11.8. The summed E-state index contributed by atoms with van der Waals surface area (Å²) in [7, 11) is -0.813. The average Bonchev–Trinajstić information content (AvgIpc) is 2.57. The topological polar surface area (TPSA) is 75.7 Å². The molecule has 0 radical (unpaired) electrons. The summed E-state index contributed by atoms with van der Waals surface area (Å²) >= 11 is 0. The van der Waals surface area contributed by atoms with Gasteiger partial charge in [-0.15, -0.1) is 0 Å². The van der Waals surface area contributed by atoms with Gasteiger partial charge in [-0.25, -0.2) is 8.42 Å². The van der Waals surface area contributed by atoms with Gasteiger partial charge in [0.15, 0.2) is 0 Å². The van der Waals surface area contributed by atoms with Crippen molar-refractivity contribution in [1.29, 1.82) is 0 Å². The molecule has 0 heterocycles. The number of sulfonamides is 1. The second-order valence-corrected chi connectivity index (χ2v) is 7.83. The van der Waals surface area contributed by atoms with Gasteiger partial charge in [-0.2, -0.15) is 4.31 Å². The van der Waals surface area contributed by atoms with E-state index in [1.165, 1.54) is 14.2 Å². The maximum Gasteiger partial charge on any atom is 0.243 e. The molecule has 2 aromatic carbocycles. The second-order valence-electron chi connectivity index (χ2n) is 5.79. The van der Waals surface area contributed by atoms with E-state index in [0.29, 0.717) is 11.4 Å². The van der Waals surface area contributed by atoms with Crippen LogP contribution in [0.25, 0.3) is 0 Å². The summed E-state index contributed by atoms with van der Waals surface area (Å²) in [6.45, 7) is 3.48. The smallest absolute Gasteiger partial charge is 0.243 e. The molecule has 0 fully saturated rings. The fourth-order valence-electron chi connectivity index (χ4n) is 2.24. The number of nitrogens with zero attached hydrogens (tertiary/aromatic N) is 1. The molecular formula is C18H22N2O4S. The number of nitrogens with one attached hydrogen (secondary N) is 1. The number of hydrogen-bond acceptors (Lipinski definition) is 4. The first-order valence-electron chi connectivity index (χ1n) is 7.71. The Morgan fingerprint density at radius 2 is 1.84 bits per heavy atom. The molecule has 6 nitrogen and oxygen atoms in total. The van der Waals surface area contributed by atoms with Crippen LogP contribution in [0.2, 0.25) is 0 Å². The average molecular weight is 362 g/mol. The molecule has 0 aliphatic heterocycles. The van der Waals surface area contributed by atoms with Gasteiger partial charge < -0.3 is 10.1 Å². The highest BCUT2D eigenvalue weighted by Gasteiger charge is 2.23. The summed E-state index contributed by atoms with van der Waals surface area (Å²) in [5.41, 5.74) is 2.44. The van der Waals surface area contributed by atoms with Crippen LogP contribution in [0.3, 0.4) is 0 Å². The van der Waals surface area contributed by atoms with Crippen molar-refractivity contribution < 1.29 is 17.9 Å². The molecule has 25 heavy (non-hydrogen) atoms. The summed E-state index contributed by atoms with van der Waals surface area (Å²) in [5, 5.41) is 2.67. The predicted octanol–water partition coefficient (Wildman–Crippen LogP) is 2.57. The first-order valence-corrected chi connectivity index (χ1v) is 9.15. The van der Waals surface area contributed by atoms with Crippen molar-refractivity contribution in [1.82, 2.24) is 4.31 Å². The van der Waals surface area contributed by atoms with E-state index in [1.807, 2.05) is 13.8 Å². The molecule has 134 valence electrons. The zero-order valence-corrected chi connectivity index (χ0v) is 15.6. The quantitative estimate of drug-likeness (QED) is 0.857. The van der Waals surface area contributed by atoms with Crippen LogP contribution in [0.1, 0.15) is 11.1 Å². The van der Waals surface area contributed by atoms with Crippen LogP contribution >= 0.6 is 0 Å². The number of carbonyl (C=O) groups is 1. The van der Waals surface area contributed by atoms with Gasteiger partial charge in [0.1, 0.15) is 5.75 Å². The van der Waals surface area contributed by atoms with Crippen molar-refractivity contribution in [2.75, 3.05) is 26.0 Å². The molecule has 0 saturated heterocycles. The maximum atomic E-state index is 12.6. The van der Waals surface area contributed by atoms with Gasteiger partial charge in [0.2, 0.25) is 15.9 Å². The van der Waals surface area contributed by atoms with Gasteiger partial charge in [0.05, 0.1) is 18.6 Å². The Morgan fingerprint density at radius 1 is 1.12 bits per heavy atom. The third kappa shape index (κ3) is 4.58. The van der Waals surface area contributed by atoms with E-state index < -0.39 is 15.9 Å². The van der Waals surface area contributed by atoms with Crippen molar-refractivity contribution in [3.05, 3.63) is 53.6 Å². The van der Waals surface area contributed by atoms with E-state index in [1.54, 1.807) is 42.5 Å². The lowest BCUT2D eigenvalue weighted by molar-refractivity contribution is -0.116. The van der Waals surface area contributed by atoms with Crippen molar-refractivity contribution in [2.24, 2.45) is 0 Å². The molecule has 0 bridgehead atoms. The molecule has 0 atom stereocenters. The van der Waals surface area contributed by atoms with Crippen molar-refractivity contribution in [3.63, 3.8) is 0 Å². The van der Waals surface area contributed by atoms with Crippen LogP contribution in [0.15, 0.2) is 47.4 Å². The highest BCUT2D eigenvalue weighted by molar-refractivity contribution is 7.89. The van der Waals surface area contributed by atoms with Gasteiger partial charge in [-0.3, -0.25) is 4.79 Å². The zero-order valence-electron chi connectivity index (χ0n) is 14.7. The number of carbonyl (C=O) groups excluding carboxylic acids is 1. The predicted molar refractivity (Wildman–Crippen MR) is 97.4 cm³/mol. The molecule has 0 aliphatic carbocycles. The van der Waals surface area contributed by atoms with E-state index in [-0.39, 0.29) is 11.4 Å². The molecular weight excluding hydrogens is 340 g/mol. The minimum Gasteiger partial charge on any atom is -0.497 e. The Morgan fingerprint density at radius 3 is 2.48 bits per heavy atom. The summed E-state index contributed by atoms with van der Waals surface area (Å²) in [6.07, 6.45) is 0. The number of ether oxygens (including phenoxy) is 1. The highest BCUT2D eigenvalue weighted by atomic mass is 32.2. The SMILES string of the molecule is COc1cccc(NC(=O)CN(C)S(=O)(=O)c2ccc(C)c(C)c2)c1. The third-order valence-corrected chi connectivity index (χ3v) is 5.71. The lowest BCUT2D eigenvalue weighted by atomic mass is 10.1. The minimum atomic E-state index is -3.73. The molecule has 0 unspecified atom stereocenters. The molecule has 1 amide bonds. The number of amides is 1. The fourth-order valence-corrected chi connectivity index (χ4v) is 3.46. The van der Waals surface area contributed by atoms with Crippen molar-refractivity contribution in [2.45, 2.75) is 18.7 Å². The minimum absolute atomic E-state index is 0.173. The molecule has 1 N–H and O–H groups in total. The Balaban J connectivity index is 2.10. The number of methoxy groups -OCH3 is 1. The van der Waals surface area contributed by atoms with Gasteiger partial charge in [-0.05, 0) is 49.2 Å². The number of rotatable bonds is 6. The molecule has 0 saturated carbocycles. The van der Waals surface area contributed by atoms with Crippen LogP contribution in [0.5, 0.6) is 5.75 Å². The van der Waals surface area contributed by atoms with Crippen LogP contribution in [-0.4, -0.2) is 39.3 Å². The first kappa shape index (κ1) is 19.0. The Kier molecular flexibility index (Phi) is 5.81. The summed E-state index contributed by atoms with van der Waals surface area (Å²) < 4.78 is 31.3. The Bertz CT molecular complexity index is 878. The number of aryl methyl sites for hydroxylation is 2. The largest absolute Gasteiger partial charge is 0.497 e. The molecule has 2 aromatic rings. The summed E-state index contributed by atoms with van der Waals surface area (Å²) in [4.78, 5) is 12.3. The fraction of sp³-hybridized carbons (Fsp3) is 0.278. The third-order valence-electron chi connectivity index (χ3n) is 3.91. The van der Waals surface area contributed by atoms with Crippen LogP contribution in [-0.2, 0) is 14.8 Å². The molecule has 7 heteroatoms. The molecule has 2 rings (SSSR count). The second kappa shape index (κ2) is 7.67. The number of benzene rings is 2. The summed E-state index contributed by atoms with van der Waals surface area (Å²) in [5.74, 6) is 0.178. The van der Waals surface area contributed by atoms with Gasteiger partial charge >= 0.3 is 0 Å². The lowest BCUT2D eigenvalue weighted by Gasteiger charge is -2.17. The molecule has 0 spiro atoms. The van der Waals surface area contributed by atoms with E-state index in [2.05, 4.69) is 5.32 Å². The van der Waals surface area contributed by atoms with E-state index in [0.717, 1.165) is 15.4 Å². The van der Waals surface area contributed by atoms with Crippen LogP contribution in [0, 0.1) is 13.8 Å². The van der Waals surface area contributed by atoms with Crippen molar-refractivity contribution >= 4 is 21.6 Å². The lowest BCUT2D eigenvalue weighted by Crippen LogP contribution is -2.35. The zero-order chi connectivity index (χ0) is 18.6. The molecule has 0 aliphatic rings. The number of hydrogen-bond donors (Lipinski definition) is 1. The van der Waals surface area contributed by atoms with Crippen molar-refractivity contribution in [3.8, 4) is 5.75 Å². The van der Waals surface area contributed by atoms with Crippen LogP contribution < -0.4 is 10.1 Å². The number of anilines is 1. The number of likely N-dealkylation sites (N-methyl/N-ethyl adjacent to an activating group) is 1. The standard InChI is InChI=1S/C18H22N2O4S/c1-13-8-9-17(10-14(13)2)25(22,23)20(3)12-18(21)19-15-6-5-7-16(11-15)24-4/h5-11H,12H2,1-4H3,(H,19,21). The Hall–Kier alpha value is -2.38. The first-order chi connectivity index (χ1) is 11.7. The monoisotopic (exact) mass is 362 g/mol. The van der Waals surface area contributed by atoms with Gasteiger partial charge in [0, 0.05) is 18.8 Å². The van der Waals surface area contributed by atoms with Gasteiger partial charge in [-0.1, -0.05) is 12.1 Å². The van der Waals surface area contributed by atoms with Gasteiger partial charge in [0.25, 0.3) is 0 Å². The van der Waals surface area contributed by atoms with E-state index >= 15 is 0 Å². The van der Waals surface area contributed by atoms with E-state index in [9.17, 15) is 13.2 Å². The van der Waals surface area contributed by atoms with Crippen LogP contribution in [0.4, 0.5) is 5.69 Å². The van der Waals surface area contributed by atoms with E-state index in [4.69, 9.17) is 4.74 Å². The highest BCUT2D eigenvalue weighted by Crippen LogP contribution is 2.19. The Labute approximate surface area is 148 Å². The maximum absolute atomic E-state index is 12.6. The normalized spacial score (nSPS) is 11.4.